The van der Waals surface area contributed by atoms with Crippen LogP contribution < -0.4 is 4.90 Å². The van der Waals surface area contributed by atoms with Gasteiger partial charge in [0, 0.05) is 23.8 Å². The van der Waals surface area contributed by atoms with Gasteiger partial charge in [0.1, 0.15) is 0 Å². The Balaban J connectivity index is 2.71. The molecule has 0 saturated heterocycles. The molecule has 5 heteroatoms. The zero-order chi connectivity index (χ0) is 12.7. The summed E-state index contributed by atoms with van der Waals surface area (Å²) in [6.07, 6.45) is 0.413. The van der Waals surface area contributed by atoms with Crippen molar-refractivity contribution in [3.8, 4) is 6.07 Å². The Morgan fingerprint density at radius 3 is 2.53 bits per heavy atom. The second-order valence-corrected chi connectivity index (χ2v) is 3.95. The van der Waals surface area contributed by atoms with Crippen molar-refractivity contribution in [3.05, 3.63) is 29.3 Å². The zero-order valence-corrected chi connectivity index (χ0v) is 10.0. The number of halogens is 1. The summed E-state index contributed by atoms with van der Waals surface area (Å²) in [5.74, 6) is -0.846. The van der Waals surface area contributed by atoms with Crippen LogP contribution in [0.4, 0.5) is 5.69 Å². The summed E-state index contributed by atoms with van der Waals surface area (Å²) >= 11 is 5.78. The number of benzene rings is 1. The molecule has 1 rings (SSSR count). The van der Waals surface area contributed by atoms with Gasteiger partial charge in [0.2, 0.25) is 0 Å². The molecule has 0 unspecified atom stereocenters. The topological polar surface area (TPSA) is 64.3 Å². The molecule has 17 heavy (non-hydrogen) atoms. The van der Waals surface area contributed by atoms with Crippen molar-refractivity contribution in [3.63, 3.8) is 0 Å². The number of carbonyl (C=O) groups is 1. The van der Waals surface area contributed by atoms with E-state index in [0.717, 1.165) is 5.69 Å². The van der Waals surface area contributed by atoms with Crippen LogP contribution in [0.5, 0.6) is 0 Å². The molecule has 1 aromatic rings. The summed E-state index contributed by atoms with van der Waals surface area (Å²) in [7, 11) is 0. The smallest absolute Gasteiger partial charge is 0.305 e. The van der Waals surface area contributed by atoms with Gasteiger partial charge in [0.05, 0.1) is 18.9 Å². The zero-order valence-electron chi connectivity index (χ0n) is 9.27. The van der Waals surface area contributed by atoms with Crippen molar-refractivity contribution >= 4 is 23.3 Å². The Kier molecular flexibility index (Phi) is 5.31. The lowest BCUT2D eigenvalue weighted by atomic mass is 10.2. The summed E-state index contributed by atoms with van der Waals surface area (Å²) in [5.41, 5.74) is 0.880. The van der Waals surface area contributed by atoms with Gasteiger partial charge >= 0.3 is 5.97 Å². The van der Waals surface area contributed by atoms with E-state index in [0.29, 0.717) is 24.5 Å². The van der Waals surface area contributed by atoms with E-state index in [1.807, 2.05) is 17.0 Å². The predicted molar refractivity (Wildman–Crippen MR) is 66.1 cm³/mol. The highest BCUT2D eigenvalue weighted by Gasteiger charge is 2.08. The molecule has 0 amide bonds. The first-order valence-corrected chi connectivity index (χ1v) is 5.60. The lowest BCUT2D eigenvalue weighted by Gasteiger charge is -2.23. The van der Waals surface area contributed by atoms with Gasteiger partial charge in [-0.05, 0) is 24.3 Å². The number of hydrogen-bond donors (Lipinski definition) is 1. The van der Waals surface area contributed by atoms with Crippen LogP contribution in [0.2, 0.25) is 5.02 Å². The second kappa shape index (κ2) is 6.77. The summed E-state index contributed by atoms with van der Waals surface area (Å²) < 4.78 is 0. The van der Waals surface area contributed by atoms with E-state index in [1.165, 1.54) is 0 Å². The first-order valence-electron chi connectivity index (χ1n) is 5.22. The highest BCUT2D eigenvalue weighted by atomic mass is 35.5. The van der Waals surface area contributed by atoms with Crippen LogP contribution in [-0.2, 0) is 4.79 Å². The number of carboxylic acids is 1. The lowest BCUT2D eigenvalue weighted by Crippen LogP contribution is -2.27. The van der Waals surface area contributed by atoms with Gasteiger partial charge in [0.15, 0.2) is 0 Å². The fourth-order valence-corrected chi connectivity index (χ4v) is 1.56. The van der Waals surface area contributed by atoms with Gasteiger partial charge in [-0.15, -0.1) is 0 Å². The number of hydrogen-bond acceptors (Lipinski definition) is 3. The summed E-state index contributed by atoms with van der Waals surface area (Å²) in [6.45, 7) is 0.907. The average Bonchev–Trinajstić information content (AvgIpc) is 2.30. The van der Waals surface area contributed by atoms with E-state index >= 15 is 0 Å². The molecule has 4 nitrogen and oxygen atoms in total. The molecule has 0 aliphatic carbocycles. The fourth-order valence-electron chi connectivity index (χ4n) is 1.44. The van der Waals surface area contributed by atoms with Gasteiger partial charge in [0.25, 0.3) is 0 Å². The molecule has 1 aromatic carbocycles. The highest BCUT2D eigenvalue weighted by molar-refractivity contribution is 6.30. The SMILES string of the molecule is N#CCCN(CCC(=O)O)c1ccc(Cl)cc1. The molecule has 90 valence electrons. The number of nitrogens with zero attached hydrogens (tertiary/aromatic N) is 2. The predicted octanol–water partition coefficient (Wildman–Crippen LogP) is 2.53. The van der Waals surface area contributed by atoms with E-state index in [4.69, 9.17) is 22.0 Å². The molecule has 0 saturated carbocycles. The van der Waals surface area contributed by atoms with Gasteiger partial charge in [-0.2, -0.15) is 5.26 Å². The minimum absolute atomic E-state index is 0.0497. The van der Waals surface area contributed by atoms with Gasteiger partial charge in [-0.1, -0.05) is 11.6 Å². The molecule has 0 aliphatic heterocycles. The highest BCUT2D eigenvalue weighted by Crippen LogP contribution is 2.18. The molecule has 0 heterocycles. The van der Waals surface area contributed by atoms with Crippen LogP contribution in [0.15, 0.2) is 24.3 Å². The number of nitriles is 1. The van der Waals surface area contributed by atoms with E-state index in [9.17, 15) is 4.79 Å². The quantitative estimate of drug-likeness (QED) is 0.845. The third kappa shape index (κ3) is 4.75. The molecular weight excluding hydrogens is 240 g/mol. The number of carboxylic acid groups (broad SMARTS) is 1. The number of anilines is 1. The monoisotopic (exact) mass is 252 g/mol. The fraction of sp³-hybridized carbons (Fsp3) is 0.333. The minimum atomic E-state index is -0.846. The number of rotatable bonds is 6. The Morgan fingerprint density at radius 1 is 1.35 bits per heavy atom. The largest absolute Gasteiger partial charge is 0.481 e. The first kappa shape index (κ1) is 13.3. The third-order valence-electron chi connectivity index (χ3n) is 2.28. The molecule has 1 N–H and O–H groups in total. The molecule has 0 bridgehead atoms. The third-order valence-corrected chi connectivity index (χ3v) is 2.53. The number of aliphatic carboxylic acids is 1. The normalized spacial score (nSPS) is 9.65. The van der Waals surface area contributed by atoms with Crippen molar-refractivity contribution in [2.45, 2.75) is 12.8 Å². The van der Waals surface area contributed by atoms with Gasteiger partial charge in [-0.3, -0.25) is 4.79 Å². The summed E-state index contributed by atoms with van der Waals surface area (Å²) in [6, 6.07) is 9.19. The van der Waals surface area contributed by atoms with Crippen LogP contribution in [0, 0.1) is 11.3 Å². The van der Waals surface area contributed by atoms with Crippen molar-refractivity contribution in [2.75, 3.05) is 18.0 Å². The van der Waals surface area contributed by atoms with Crippen LogP contribution in [-0.4, -0.2) is 24.2 Å². The van der Waals surface area contributed by atoms with Crippen LogP contribution in [0.25, 0.3) is 0 Å². The minimum Gasteiger partial charge on any atom is -0.481 e. The average molecular weight is 253 g/mol. The summed E-state index contributed by atoms with van der Waals surface area (Å²) in [5, 5.41) is 17.9. The Bertz CT molecular complexity index is 412. The first-order chi connectivity index (χ1) is 8.13. The molecule has 0 spiro atoms. The molecule has 0 radical (unpaired) electrons. The van der Waals surface area contributed by atoms with E-state index in [1.54, 1.807) is 12.1 Å². The van der Waals surface area contributed by atoms with Crippen molar-refractivity contribution < 1.29 is 9.90 Å². The van der Waals surface area contributed by atoms with Crippen LogP contribution >= 0.6 is 11.6 Å². The molecular formula is C12H13ClN2O2. The molecule has 0 aliphatic rings. The van der Waals surface area contributed by atoms with Gasteiger partial charge in [-0.25, -0.2) is 0 Å². The maximum Gasteiger partial charge on any atom is 0.305 e. The van der Waals surface area contributed by atoms with Crippen LogP contribution in [0.1, 0.15) is 12.8 Å². The van der Waals surface area contributed by atoms with E-state index in [2.05, 4.69) is 6.07 Å². The Hall–Kier alpha value is -1.73. The van der Waals surface area contributed by atoms with Crippen molar-refractivity contribution in [1.82, 2.24) is 0 Å². The molecule has 0 aromatic heterocycles. The van der Waals surface area contributed by atoms with Crippen molar-refractivity contribution in [1.29, 1.82) is 5.26 Å². The second-order valence-electron chi connectivity index (χ2n) is 3.52. The Labute approximate surface area is 105 Å². The van der Waals surface area contributed by atoms with Crippen LogP contribution in [0.3, 0.4) is 0 Å². The molecule has 0 atom stereocenters. The van der Waals surface area contributed by atoms with E-state index in [-0.39, 0.29) is 6.42 Å². The standard InChI is InChI=1S/C12H13ClN2O2/c13-10-2-4-11(5-3-10)15(8-1-7-14)9-6-12(16)17/h2-5H,1,6,8-9H2,(H,16,17). The summed E-state index contributed by atoms with van der Waals surface area (Å²) in [4.78, 5) is 12.4. The van der Waals surface area contributed by atoms with Crippen molar-refractivity contribution in [2.24, 2.45) is 0 Å². The maximum absolute atomic E-state index is 10.6. The van der Waals surface area contributed by atoms with Gasteiger partial charge < -0.3 is 10.0 Å². The lowest BCUT2D eigenvalue weighted by molar-refractivity contribution is -0.136. The Morgan fingerprint density at radius 2 is 2.00 bits per heavy atom. The molecule has 0 fully saturated rings. The maximum atomic E-state index is 10.6. The van der Waals surface area contributed by atoms with E-state index < -0.39 is 5.97 Å².